The van der Waals surface area contributed by atoms with Crippen molar-refractivity contribution in [1.29, 1.82) is 0 Å². The Morgan fingerprint density at radius 3 is 2.52 bits per heavy atom. The molecule has 1 saturated heterocycles. The van der Waals surface area contributed by atoms with Crippen LogP contribution in [0, 0.1) is 13.8 Å². The summed E-state index contributed by atoms with van der Waals surface area (Å²) in [5, 5.41) is 3.97. The number of hydrogen-bond acceptors (Lipinski definition) is 3. The number of hydrogen-bond donors (Lipinski definition) is 2. The molecule has 0 radical (unpaired) electrons. The van der Waals surface area contributed by atoms with Crippen LogP contribution in [0.25, 0.3) is 10.9 Å². The van der Waals surface area contributed by atoms with Gasteiger partial charge in [-0.05, 0) is 42.7 Å². The van der Waals surface area contributed by atoms with Gasteiger partial charge in [0.15, 0.2) is 0 Å². The molecule has 2 amide bonds. The number of aryl methyl sites for hydroxylation is 1. The van der Waals surface area contributed by atoms with E-state index in [2.05, 4.69) is 47.2 Å². The largest absolute Gasteiger partial charge is 0.368 e. The number of nitrogens with one attached hydrogen (secondary N) is 2. The van der Waals surface area contributed by atoms with Gasteiger partial charge in [-0.1, -0.05) is 30.3 Å². The number of nitrogens with zero attached hydrogens (tertiary/aromatic N) is 2. The lowest BCUT2D eigenvalue weighted by Gasteiger charge is -2.38. The monoisotopic (exact) mass is 418 g/mol. The number of H-pyrrole nitrogens is 1. The highest BCUT2D eigenvalue weighted by molar-refractivity contribution is 5.89. The summed E-state index contributed by atoms with van der Waals surface area (Å²) in [5.41, 5.74) is 5.88. The Balaban J connectivity index is 1.47. The molecular formula is C25H30N4O2. The van der Waals surface area contributed by atoms with E-state index >= 15 is 0 Å². The molecule has 6 nitrogen and oxygen atoms in total. The van der Waals surface area contributed by atoms with Crippen molar-refractivity contribution in [3.05, 3.63) is 65.4 Å². The smallest absolute Gasteiger partial charge is 0.245 e. The molecule has 0 bridgehead atoms. The standard InChI is InChI=1S/C25H30N4O2/c1-17-7-6-10-24(18(17)2)28-11-13-29(14-12-28)25(31)23(27-19(3)30)15-20-16-26-22-9-5-4-8-21(20)22/h4-10,16,23,26H,11-15H2,1-3H3,(H,27,30). The van der Waals surface area contributed by atoms with Crippen LogP contribution in [-0.4, -0.2) is 53.9 Å². The maximum Gasteiger partial charge on any atom is 0.245 e. The van der Waals surface area contributed by atoms with E-state index in [4.69, 9.17) is 0 Å². The van der Waals surface area contributed by atoms with Gasteiger partial charge in [0.25, 0.3) is 0 Å². The molecule has 1 aromatic heterocycles. The number of benzene rings is 2. The lowest BCUT2D eigenvalue weighted by Crippen LogP contribution is -2.55. The first kappa shape index (κ1) is 21.0. The van der Waals surface area contributed by atoms with Crippen LogP contribution >= 0.6 is 0 Å². The van der Waals surface area contributed by atoms with E-state index in [0.29, 0.717) is 19.5 Å². The van der Waals surface area contributed by atoms with Gasteiger partial charge in [0.2, 0.25) is 11.8 Å². The molecule has 1 aliphatic heterocycles. The minimum absolute atomic E-state index is 0.0129. The number of aromatic nitrogens is 1. The van der Waals surface area contributed by atoms with Crippen molar-refractivity contribution < 1.29 is 9.59 Å². The van der Waals surface area contributed by atoms with Crippen LogP contribution in [0.3, 0.4) is 0 Å². The van der Waals surface area contributed by atoms with E-state index in [9.17, 15) is 9.59 Å². The van der Waals surface area contributed by atoms with Crippen LogP contribution in [0.15, 0.2) is 48.7 Å². The van der Waals surface area contributed by atoms with E-state index in [1.807, 2.05) is 35.4 Å². The fourth-order valence-corrected chi connectivity index (χ4v) is 4.43. The van der Waals surface area contributed by atoms with E-state index < -0.39 is 6.04 Å². The SMILES string of the molecule is CC(=O)NC(Cc1c[nH]c2ccccc12)C(=O)N1CCN(c2cccc(C)c2C)CC1. The van der Waals surface area contributed by atoms with Crippen molar-refractivity contribution in [2.45, 2.75) is 33.2 Å². The Hall–Kier alpha value is -3.28. The second kappa shape index (κ2) is 8.84. The van der Waals surface area contributed by atoms with Gasteiger partial charge in [0, 0.05) is 62.3 Å². The number of aromatic amines is 1. The third-order valence-corrected chi connectivity index (χ3v) is 6.28. The van der Waals surface area contributed by atoms with Crippen molar-refractivity contribution in [2.75, 3.05) is 31.1 Å². The predicted octanol–water partition coefficient (Wildman–Crippen LogP) is 3.18. The molecule has 2 heterocycles. The van der Waals surface area contributed by atoms with Gasteiger partial charge in [-0.15, -0.1) is 0 Å². The van der Waals surface area contributed by atoms with Crippen LogP contribution in [0.5, 0.6) is 0 Å². The first-order chi connectivity index (χ1) is 14.9. The Kier molecular flexibility index (Phi) is 5.98. The number of fused-ring (bicyclic) bond motifs is 1. The van der Waals surface area contributed by atoms with Gasteiger partial charge >= 0.3 is 0 Å². The quantitative estimate of drug-likeness (QED) is 0.669. The Morgan fingerprint density at radius 1 is 1.03 bits per heavy atom. The summed E-state index contributed by atoms with van der Waals surface area (Å²) in [6.07, 6.45) is 2.41. The first-order valence-electron chi connectivity index (χ1n) is 10.9. The zero-order valence-corrected chi connectivity index (χ0v) is 18.4. The number of carbonyl (C=O) groups is 2. The molecule has 1 aliphatic rings. The zero-order chi connectivity index (χ0) is 22.0. The van der Waals surface area contributed by atoms with Gasteiger partial charge in [0.1, 0.15) is 6.04 Å². The molecule has 31 heavy (non-hydrogen) atoms. The van der Waals surface area contributed by atoms with Crippen LogP contribution < -0.4 is 10.2 Å². The molecule has 0 saturated carbocycles. The highest BCUT2D eigenvalue weighted by Crippen LogP contribution is 2.24. The van der Waals surface area contributed by atoms with Crippen molar-refractivity contribution in [1.82, 2.24) is 15.2 Å². The molecule has 0 aliphatic carbocycles. The molecule has 162 valence electrons. The number of para-hydroxylation sites is 1. The van der Waals surface area contributed by atoms with Crippen LogP contribution in [-0.2, 0) is 16.0 Å². The van der Waals surface area contributed by atoms with E-state index in [1.165, 1.54) is 23.7 Å². The summed E-state index contributed by atoms with van der Waals surface area (Å²) >= 11 is 0. The van der Waals surface area contributed by atoms with Crippen molar-refractivity contribution >= 4 is 28.4 Å². The van der Waals surface area contributed by atoms with E-state index in [-0.39, 0.29) is 11.8 Å². The molecule has 4 rings (SSSR count). The number of carbonyl (C=O) groups excluding carboxylic acids is 2. The van der Waals surface area contributed by atoms with Gasteiger partial charge in [-0.2, -0.15) is 0 Å². The third kappa shape index (κ3) is 4.43. The fourth-order valence-electron chi connectivity index (χ4n) is 4.43. The van der Waals surface area contributed by atoms with Crippen molar-refractivity contribution in [2.24, 2.45) is 0 Å². The molecule has 6 heteroatoms. The molecule has 1 atom stereocenters. The fraction of sp³-hybridized carbons (Fsp3) is 0.360. The highest BCUT2D eigenvalue weighted by Gasteiger charge is 2.29. The number of anilines is 1. The average molecular weight is 419 g/mol. The maximum atomic E-state index is 13.3. The number of piperazine rings is 1. The molecule has 2 N–H and O–H groups in total. The second-order valence-corrected chi connectivity index (χ2v) is 8.35. The van der Waals surface area contributed by atoms with E-state index in [0.717, 1.165) is 29.6 Å². The summed E-state index contributed by atoms with van der Waals surface area (Å²) < 4.78 is 0. The Labute approximate surface area is 183 Å². The van der Waals surface area contributed by atoms with Crippen LogP contribution in [0.1, 0.15) is 23.6 Å². The summed E-state index contributed by atoms with van der Waals surface area (Å²) in [4.78, 5) is 32.7. The molecule has 3 aromatic rings. The molecular weight excluding hydrogens is 388 g/mol. The van der Waals surface area contributed by atoms with Crippen molar-refractivity contribution in [3.8, 4) is 0 Å². The molecule has 1 unspecified atom stereocenters. The summed E-state index contributed by atoms with van der Waals surface area (Å²) in [6, 6.07) is 13.8. The topological polar surface area (TPSA) is 68.4 Å². The lowest BCUT2D eigenvalue weighted by molar-refractivity contribution is -0.136. The molecule has 0 spiro atoms. The second-order valence-electron chi connectivity index (χ2n) is 8.35. The number of amides is 2. The zero-order valence-electron chi connectivity index (χ0n) is 18.4. The van der Waals surface area contributed by atoms with Crippen LogP contribution in [0.4, 0.5) is 5.69 Å². The highest BCUT2D eigenvalue weighted by atomic mass is 16.2. The van der Waals surface area contributed by atoms with Gasteiger partial charge in [-0.3, -0.25) is 9.59 Å². The first-order valence-corrected chi connectivity index (χ1v) is 10.9. The minimum Gasteiger partial charge on any atom is -0.368 e. The predicted molar refractivity (Wildman–Crippen MR) is 124 cm³/mol. The Bertz CT molecular complexity index is 1100. The molecule has 1 fully saturated rings. The summed E-state index contributed by atoms with van der Waals surface area (Å²) in [5.74, 6) is -0.201. The van der Waals surface area contributed by atoms with Gasteiger partial charge in [0.05, 0.1) is 0 Å². The number of rotatable bonds is 5. The third-order valence-electron chi connectivity index (χ3n) is 6.28. The van der Waals surface area contributed by atoms with Gasteiger partial charge < -0.3 is 20.1 Å². The lowest BCUT2D eigenvalue weighted by atomic mass is 10.0. The normalized spacial score (nSPS) is 15.2. The average Bonchev–Trinajstić information content (AvgIpc) is 3.17. The minimum atomic E-state index is -0.566. The Morgan fingerprint density at radius 2 is 1.77 bits per heavy atom. The van der Waals surface area contributed by atoms with E-state index in [1.54, 1.807) is 0 Å². The maximum absolute atomic E-state index is 13.3. The molecule has 2 aromatic carbocycles. The van der Waals surface area contributed by atoms with Crippen molar-refractivity contribution in [3.63, 3.8) is 0 Å². The summed E-state index contributed by atoms with van der Waals surface area (Å²) in [7, 11) is 0. The van der Waals surface area contributed by atoms with Crippen LogP contribution in [0.2, 0.25) is 0 Å². The summed E-state index contributed by atoms with van der Waals surface area (Å²) in [6.45, 7) is 8.61. The van der Waals surface area contributed by atoms with Gasteiger partial charge in [-0.25, -0.2) is 0 Å².